The zero-order chi connectivity index (χ0) is 11.3. The molecule has 0 aliphatic carbocycles. The maximum Gasteiger partial charge on any atom is 0.306 e. The van der Waals surface area contributed by atoms with E-state index in [1.807, 2.05) is 6.92 Å². The Labute approximate surface area is 88.1 Å². The van der Waals surface area contributed by atoms with Crippen LogP contribution < -0.4 is 4.74 Å². The molecule has 0 aromatic heterocycles. The molecule has 4 nitrogen and oxygen atoms in total. The summed E-state index contributed by atoms with van der Waals surface area (Å²) in [6, 6.07) is 6.90. The predicted molar refractivity (Wildman–Crippen MR) is 54.8 cm³/mol. The summed E-state index contributed by atoms with van der Waals surface area (Å²) in [5.41, 5.74) is 0.516. The fourth-order valence-electron chi connectivity index (χ4n) is 1.32. The van der Waals surface area contributed by atoms with E-state index >= 15 is 0 Å². The summed E-state index contributed by atoms with van der Waals surface area (Å²) in [5, 5.41) is 18.2. The number of carbonyl (C=O) groups is 1. The zero-order valence-corrected chi connectivity index (χ0v) is 8.51. The monoisotopic (exact) mass is 210 g/mol. The topological polar surface area (TPSA) is 66.8 Å². The first-order valence-electron chi connectivity index (χ1n) is 4.76. The highest BCUT2D eigenvalue weighted by molar-refractivity contribution is 5.67. The van der Waals surface area contributed by atoms with Crippen LogP contribution in [0.2, 0.25) is 0 Å². The molecule has 4 heteroatoms. The molecule has 0 bridgehead atoms. The van der Waals surface area contributed by atoms with Gasteiger partial charge in [-0.15, -0.1) is 0 Å². The quantitative estimate of drug-likeness (QED) is 0.774. The van der Waals surface area contributed by atoms with E-state index in [1.54, 1.807) is 24.3 Å². The number of rotatable bonds is 5. The lowest BCUT2D eigenvalue weighted by molar-refractivity contribution is -0.139. The first-order chi connectivity index (χ1) is 7.15. The summed E-state index contributed by atoms with van der Waals surface area (Å²) in [7, 11) is 0. The minimum absolute atomic E-state index is 0.315. The van der Waals surface area contributed by atoms with Crippen molar-refractivity contribution in [1.82, 2.24) is 0 Å². The van der Waals surface area contributed by atoms with Gasteiger partial charge in [0, 0.05) is 5.56 Å². The van der Waals surface area contributed by atoms with Crippen molar-refractivity contribution in [1.29, 1.82) is 0 Å². The van der Waals surface area contributed by atoms with Crippen LogP contribution in [-0.4, -0.2) is 22.8 Å². The number of ether oxygens (including phenoxy) is 1. The number of aliphatic hydroxyl groups excluding tert-OH is 1. The van der Waals surface area contributed by atoms with Gasteiger partial charge in [-0.3, -0.25) is 4.79 Å². The van der Waals surface area contributed by atoms with Gasteiger partial charge in [-0.1, -0.05) is 18.2 Å². The second-order valence-electron chi connectivity index (χ2n) is 3.08. The standard InChI is InChI=1S/C11H14O4/c1-2-15-10-6-4-3-5-8(10)9(12)7-11(13)14/h3-6,9,12H,2,7H2,1H3,(H,13,14)/t9-/m1/s1. The average Bonchev–Trinajstić information content (AvgIpc) is 2.18. The van der Waals surface area contributed by atoms with E-state index in [1.165, 1.54) is 0 Å². The van der Waals surface area contributed by atoms with Crippen molar-refractivity contribution in [3.63, 3.8) is 0 Å². The Morgan fingerprint density at radius 2 is 2.13 bits per heavy atom. The number of hydrogen-bond donors (Lipinski definition) is 2. The van der Waals surface area contributed by atoms with Gasteiger partial charge in [0.2, 0.25) is 0 Å². The number of carboxylic acids is 1. The Bertz CT molecular complexity index is 335. The largest absolute Gasteiger partial charge is 0.493 e. The molecule has 1 rings (SSSR count). The maximum atomic E-state index is 10.5. The number of para-hydroxylation sites is 1. The van der Waals surface area contributed by atoms with E-state index in [-0.39, 0.29) is 6.42 Å². The van der Waals surface area contributed by atoms with E-state index in [0.717, 1.165) is 0 Å². The Kier molecular flexibility index (Phi) is 4.12. The summed E-state index contributed by atoms with van der Waals surface area (Å²) in [4.78, 5) is 10.5. The molecule has 1 aromatic carbocycles. The third kappa shape index (κ3) is 3.25. The minimum atomic E-state index is -1.03. The molecule has 1 aromatic rings. The van der Waals surface area contributed by atoms with Crippen LogP contribution in [0.5, 0.6) is 5.75 Å². The van der Waals surface area contributed by atoms with Gasteiger partial charge in [0.25, 0.3) is 0 Å². The third-order valence-corrected chi connectivity index (χ3v) is 1.95. The zero-order valence-electron chi connectivity index (χ0n) is 8.51. The van der Waals surface area contributed by atoms with Crippen molar-refractivity contribution in [2.75, 3.05) is 6.61 Å². The van der Waals surface area contributed by atoms with Gasteiger partial charge in [-0.2, -0.15) is 0 Å². The molecule has 2 N–H and O–H groups in total. The normalized spacial score (nSPS) is 12.1. The third-order valence-electron chi connectivity index (χ3n) is 1.95. The maximum absolute atomic E-state index is 10.5. The smallest absolute Gasteiger partial charge is 0.306 e. The second-order valence-corrected chi connectivity index (χ2v) is 3.08. The van der Waals surface area contributed by atoms with Gasteiger partial charge in [0.15, 0.2) is 0 Å². The average molecular weight is 210 g/mol. The van der Waals surface area contributed by atoms with Gasteiger partial charge >= 0.3 is 5.97 Å². The summed E-state index contributed by atoms with van der Waals surface area (Å²) in [5.74, 6) is -0.498. The van der Waals surface area contributed by atoms with Crippen LogP contribution in [0, 0.1) is 0 Å². The first kappa shape index (κ1) is 11.5. The molecule has 0 radical (unpaired) electrons. The first-order valence-corrected chi connectivity index (χ1v) is 4.76. The van der Waals surface area contributed by atoms with E-state index in [2.05, 4.69) is 0 Å². The van der Waals surface area contributed by atoms with Gasteiger partial charge in [0.1, 0.15) is 5.75 Å². The van der Waals surface area contributed by atoms with Crippen molar-refractivity contribution in [3.05, 3.63) is 29.8 Å². The van der Waals surface area contributed by atoms with Gasteiger partial charge in [-0.05, 0) is 13.0 Å². The number of aliphatic hydroxyl groups is 1. The SMILES string of the molecule is CCOc1ccccc1[C@H](O)CC(=O)O. The Morgan fingerprint density at radius 3 is 2.73 bits per heavy atom. The van der Waals surface area contributed by atoms with Crippen LogP contribution in [0.3, 0.4) is 0 Å². The highest BCUT2D eigenvalue weighted by Gasteiger charge is 2.15. The molecule has 0 amide bonds. The van der Waals surface area contributed by atoms with Crippen molar-refractivity contribution >= 4 is 5.97 Å². The minimum Gasteiger partial charge on any atom is -0.493 e. The lowest BCUT2D eigenvalue weighted by Crippen LogP contribution is -2.07. The fraction of sp³-hybridized carbons (Fsp3) is 0.364. The number of hydrogen-bond acceptors (Lipinski definition) is 3. The molecule has 0 unspecified atom stereocenters. The molecular formula is C11H14O4. The van der Waals surface area contributed by atoms with Crippen LogP contribution in [0.15, 0.2) is 24.3 Å². The van der Waals surface area contributed by atoms with Gasteiger partial charge in [0.05, 0.1) is 19.1 Å². The van der Waals surface area contributed by atoms with Crippen LogP contribution in [0.1, 0.15) is 25.0 Å². The molecule has 82 valence electrons. The van der Waals surface area contributed by atoms with Crippen LogP contribution in [0.4, 0.5) is 0 Å². The molecule has 0 saturated heterocycles. The number of aliphatic carboxylic acids is 1. The molecule has 0 spiro atoms. The fourth-order valence-corrected chi connectivity index (χ4v) is 1.32. The molecule has 0 saturated carbocycles. The highest BCUT2D eigenvalue weighted by atomic mass is 16.5. The van der Waals surface area contributed by atoms with Gasteiger partial charge in [-0.25, -0.2) is 0 Å². The Morgan fingerprint density at radius 1 is 1.47 bits per heavy atom. The summed E-state index contributed by atoms with van der Waals surface area (Å²) >= 11 is 0. The summed E-state index contributed by atoms with van der Waals surface area (Å²) in [6.07, 6.45) is -1.34. The Balaban J connectivity index is 2.86. The summed E-state index contributed by atoms with van der Waals surface area (Å²) in [6.45, 7) is 2.32. The highest BCUT2D eigenvalue weighted by Crippen LogP contribution is 2.26. The molecule has 0 aliphatic rings. The van der Waals surface area contributed by atoms with Crippen molar-refractivity contribution in [2.24, 2.45) is 0 Å². The van der Waals surface area contributed by atoms with Crippen LogP contribution in [-0.2, 0) is 4.79 Å². The molecule has 0 aliphatic heterocycles. The molecule has 1 atom stereocenters. The lowest BCUT2D eigenvalue weighted by atomic mass is 10.1. The summed E-state index contributed by atoms with van der Waals surface area (Å²) < 4.78 is 5.29. The van der Waals surface area contributed by atoms with E-state index < -0.39 is 12.1 Å². The number of benzene rings is 1. The van der Waals surface area contributed by atoms with E-state index in [9.17, 15) is 9.90 Å². The lowest BCUT2D eigenvalue weighted by Gasteiger charge is -2.13. The van der Waals surface area contributed by atoms with Crippen LogP contribution >= 0.6 is 0 Å². The molecule has 15 heavy (non-hydrogen) atoms. The molecule has 0 fully saturated rings. The van der Waals surface area contributed by atoms with Crippen molar-refractivity contribution < 1.29 is 19.7 Å². The van der Waals surface area contributed by atoms with E-state index in [0.29, 0.717) is 17.9 Å². The predicted octanol–water partition coefficient (Wildman–Crippen LogP) is 1.59. The van der Waals surface area contributed by atoms with Crippen molar-refractivity contribution in [2.45, 2.75) is 19.4 Å². The molecular weight excluding hydrogens is 196 g/mol. The molecule has 0 heterocycles. The Hall–Kier alpha value is -1.55. The van der Waals surface area contributed by atoms with E-state index in [4.69, 9.17) is 9.84 Å². The van der Waals surface area contributed by atoms with Gasteiger partial charge < -0.3 is 14.9 Å². The van der Waals surface area contributed by atoms with Crippen LogP contribution in [0.25, 0.3) is 0 Å². The van der Waals surface area contributed by atoms with Crippen molar-refractivity contribution in [3.8, 4) is 5.75 Å². The number of carboxylic acid groups (broad SMARTS) is 1. The second kappa shape index (κ2) is 5.36.